The van der Waals surface area contributed by atoms with Crippen molar-refractivity contribution in [1.29, 1.82) is 0 Å². The number of rotatable bonds is 0. The fraction of sp³-hybridized carbons (Fsp3) is 1.00. The van der Waals surface area contributed by atoms with Gasteiger partial charge in [0.05, 0.1) is 0 Å². The first-order valence-electron chi connectivity index (χ1n) is 3.04. The van der Waals surface area contributed by atoms with E-state index in [0.29, 0.717) is 0 Å². The minimum absolute atomic E-state index is 1.17. The van der Waals surface area contributed by atoms with E-state index in [4.69, 9.17) is 0 Å². The Morgan fingerprint density at radius 2 is 2.29 bits per heavy atom. The maximum atomic E-state index is 2.14. The van der Waals surface area contributed by atoms with E-state index in [2.05, 4.69) is 11.8 Å². The lowest BCUT2D eigenvalue weighted by atomic mass is 10.3. The lowest BCUT2D eigenvalue weighted by molar-refractivity contribution is 0.718. The first-order valence-corrected chi connectivity index (χ1v) is 4.20. The lowest BCUT2D eigenvalue weighted by Gasteiger charge is -2.05. The molecule has 1 saturated carbocycles. The van der Waals surface area contributed by atoms with Crippen molar-refractivity contribution in [3.05, 3.63) is 0 Å². The van der Waals surface area contributed by atoms with Crippen LogP contribution in [0.2, 0.25) is 0 Å². The Labute approximate surface area is 48.7 Å². The third-order valence-corrected chi connectivity index (χ3v) is 3.22. The van der Waals surface area contributed by atoms with Gasteiger partial charge in [0.1, 0.15) is 0 Å². The van der Waals surface area contributed by atoms with Crippen molar-refractivity contribution in [2.24, 2.45) is 11.8 Å². The molecule has 1 saturated heterocycles. The van der Waals surface area contributed by atoms with E-state index in [1.807, 2.05) is 0 Å². The van der Waals surface area contributed by atoms with Crippen LogP contribution in [0.3, 0.4) is 0 Å². The molecule has 0 spiro atoms. The summed E-state index contributed by atoms with van der Waals surface area (Å²) >= 11 is 2.14. The quantitative estimate of drug-likeness (QED) is 0.462. The van der Waals surface area contributed by atoms with Gasteiger partial charge in [-0.15, -0.1) is 0 Å². The average molecular weight is 114 g/mol. The van der Waals surface area contributed by atoms with Gasteiger partial charge in [0.25, 0.3) is 0 Å². The molecule has 0 aromatic heterocycles. The van der Waals surface area contributed by atoms with Gasteiger partial charge < -0.3 is 0 Å². The average Bonchev–Trinajstić information content (AvgIpc) is 2.41. The van der Waals surface area contributed by atoms with Gasteiger partial charge in [-0.05, 0) is 36.2 Å². The summed E-state index contributed by atoms with van der Waals surface area (Å²) in [5.74, 6) is 5.27. The molecule has 7 heavy (non-hydrogen) atoms. The van der Waals surface area contributed by atoms with Crippen molar-refractivity contribution in [3.63, 3.8) is 0 Å². The van der Waals surface area contributed by atoms with Crippen LogP contribution in [0.4, 0.5) is 0 Å². The van der Waals surface area contributed by atoms with E-state index in [1.54, 1.807) is 6.42 Å². The summed E-state index contributed by atoms with van der Waals surface area (Å²) in [4.78, 5) is 0. The van der Waals surface area contributed by atoms with E-state index >= 15 is 0 Å². The van der Waals surface area contributed by atoms with E-state index in [-0.39, 0.29) is 0 Å². The maximum Gasteiger partial charge on any atom is -0.00364 e. The van der Waals surface area contributed by atoms with Crippen LogP contribution in [0, 0.1) is 11.8 Å². The topological polar surface area (TPSA) is 0 Å². The van der Waals surface area contributed by atoms with Gasteiger partial charge >= 0.3 is 0 Å². The number of hydrogen-bond acceptors (Lipinski definition) is 1. The van der Waals surface area contributed by atoms with Crippen LogP contribution in [0.1, 0.15) is 12.8 Å². The molecule has 0 radical (unpaired) electrons. The zero-order valence-electron chi connectivity index (χ0n) is 4.39. The monoisotopic (exact) mass is 114 g/mol. The highest BCUT2D eigenvalue weighted by atomic mass is 32.2. The summed E-state index contributed by atoms with van der Waals surface area (Å²) in [7, 11) is 0. The van der Waals surface area contributed by atoms with Crippen molar-refractivity contribution in [1.82, 2.24) is 0 Å². The molecule has 1 aliphatic carbocycles. The summed E-state index contributed by atoms with van der Waals surface area (Å²) in [5, 5.41) is 0. The summed E-state index contributed by atoms with van der Waals surface area (Å²) < 4.78 is 0. The fourth-order valence-corrected chi connectivity index (χ4v) is 2.68. The second kappa shape index (κ2) is 1.41. The van der Waals surface area contributed by atoms with Crippen LogP contribution >= 0.6 is 11.8 Å². The standard InChI is InChI=1S/C6H10S/c1-2-7-4-6-3-5(1)6/h5-6H,1-4H2. The summed E-state index contributed by atoms with van der Waals surface area (Å²) in [6.07, 6.45) is 3.09. The van der Waals surface area contributed by atoms with Crippen molar-refractivity contribution in [2.75, 3.05) is 11.5 Å². The summed E-state index contributed by atoms with van der Waals surface area (Å²) in [5.41, 5.74) is 0. The van der Waals surface area contributed by atoms with Crippen molar-refractivity contribution in [2.45, 2.75) is 12.8 Å². The normalized spacial score (nSPS) is 48.0. The molecule has 0 aromatic rings. The second-order valence-electron chi connectivity index (χ2n) is 2.62. The van der Waals surface area contributed by atoms with E-state index in [9.17, 15) is 0 Å². The van der Waals surface area contributed by atoms with Crippen LogP contribution in [-0.2, 0) is 0 Å². The zero-order valence-corrected chi connectivity index (χ0v) is 5.21. The van der Waals surface area contributed by atoms with Gasteiger partial charge in [0, 0.05) is 0 Å². The molecule has 0 aromatic carbocycles. The van der Waals surface area contributed by atoms with Crippen molar-refractivity contribution in [3.8, 4) is 0 Å². The number of thioether (sulfide) groups is 1. The van der Waals surface area contributed by atoms with Gasteiger partial charge in [-0.3, -0.25) is 0 Å². The number of hydrogen-bond donors (Lipinski definition) is 0. The smallest absolute Gasteiger partial charge is 0.00364 e. The first kappa shape index (κ1) is 4.25. The predicted molar refractivity (Wildman–Crippen MR) is 33.5 cm³/mol. The first-order chi connectivity index (χ1) is 3.47. The van der Waals surface area contributed by atoms with Crippen LogP contribution in [-0.4, -0.2) is 11.5 Å². The SMILES string of the molecule is C1CC2CC2CS1. The highest BCUT2D eigenvalue weighted by Gasteiger charge is 2.38. The molecule has 0 amide bonds. The Hall–Kier alpha value is 0.350. The van der Waals surface area contributed by atoms with Crippen LogP contribution in [0.15, 0.2) is 0 Å². The van der Waals surface area contributed by atoms with Crippen molar-refractivity contribution >= 4 is 11.8 Å². The van der Waals surface area contributed by atoms with Crippen molar-refractivity contribution < 1.29 is 0 Å². The van der Waals surface area contributed by atoms with E-state index in [0.717, 1.165) is 0 Å². The Balaban J connectivity index is 1.95. The maximum absolute atomic E-state index is 2.14. The minimum atomic E-state index is 1.17. The predicted octanol–water partition coefficient (Wildman–Crippen LogP) is 1.76. The highest BCUT2D eigenvalue weighted by Crippen LogP contribution is 2.47. The highest BCUT2D eigenvalue weighted by molar-refractivity contribution is 7.99. The molecule has 1 heteroatoms. The Kier molecular flexibility index (Phi) is 0.857. The molecule has 2 rings (SSSR count). The van der Waals surface area contributed by atoms with Crippen LogP contribution in [0.25, 0.3) is 0 Å². The Bertz CT molecular complexity index is 70.2. The third-order valence-electron chi connectivity index (χ3n) is 2.03. The van der Waals surface area contributed by atoms with Gasteiger partial charge in [-0.1, -0.05) is 0 Å². The largest absolute Gasteiger partial charge is 0.162 e. The molecule has 0 N–H and O–H groups in total. The van der Waals surface area contributed by atoms with Gasteiger partial charge in [-0.25, -0.2) is 0 Å². The molecule has 2 atom stereocenters. The molecule has 40 valence electrons. The Morgan fingerprint density at radius 1 is 1.29 bits per heavy atom. The molecule has 2 fully saturated rings. The molecule has 2 unspecified atom stereocenters. The van der Waals surface area contributed by atoms with Gasteiger partial charge in [-0.2, -0.15) is 11.8 Å². The van der Waals surface area contributed by atoms with Gasteiger partial charge in [0.2, 0.25) is 0 Å². The molecule has 1 heterocycles. The fourth-order valence-electron chi connectivity index (χ4n) is 1.34. The molecule has 2 aliphatic rings. The molecule has 1 aliphatic heterocycles. The Morgan fingerprint density at radius 3 is 2.86 bits per heavy atom. The second-order valence-corrected chi connectivity index (χ2v) is 3.77. The summed E-state index contributed by atoms with van der Waals surface area (Å²) in [6, 6.07) is 0. The van der Waals surface area contributed by atoms with E-state index < -0.39 is 0 Å². The molecule has 0 nitrogen and oxygen atoms in total. The third kappa shape index (κ3) is 0.674. The molecular formula is C6H10S. The summed E-state index contributed by atoms with van der Waals surface area (Å²) in [6.45, 7) is 0. The lowest BCUT2D eigenvalue weighted by Crippen LogP contribution is -1.96. The van der Waals surface area contributed by atoms with Gasteiger partial charge in [0.15, 0.2) is 0 Å². The van der Waals surface area contributed by atoms with Crippen LogP contribution < -0.4 is 0 Å². The van der Waals surface area contributed by atoms with Crippen LogP contribution in [0.5, 0.6) is 0 Å². The molecule has 0 bridgehead atoms. The minimum Gasteiger partial charge on any atom is -0.162 e. The molecular weight excluding hydrogens is 104 g/mol. The van der Waals surface area contributed by atoms with E-state index in [1.165, 1.54) is 29.8 Å². The number of fused-ring (bicyclic) bond motifs is 1. The zero-order chi connectivity index (χ0) is 4.69.